The largest absolute Gasteiger partial charge is 0.324 e. The minimum Gasteiger partial charge on any atom is -0.324 e. The Hall–Kier alpha value is -4.14. The molecule has 0 atom stereocenters. The quantitative estimate of drug-likeness (QED) is 0.306. The Bertz CT molecular complexity index is 1480. The molecule has 0 aliphatic rings. The van der Waals surface area contributed by atoms with E-state index >= 15 is 0 Å². The molecule has 5 rings (SSSR count). The van der Waals surface area contributed by atoms with Crippen LogP contribution in [0.3, 0.4) is 0 Å². The van der Waals surface area contributed by atoms with Crippen molar-refractivity contribution in [2.75, 3.05) is 0 Å². The fourth-order valence-electron chi connectivity index (χ4n) is 4.17. The van der Waals surface area contributed by atoms with Gasteiger partial charge in [0.05, 0.1) is 16.1 Å². The first-order valence-electron chi connectivity index (χ1n) is 10.4. The van der Waals surface area contributed by atoms with Gasteiger partial charge < -0.3 is 4.57 Å². The fourth-order valence-corrected chi connectivity index (χ4v) is 4.17. The molecule has 0 bridgehead atoms. The second-order valence-electron chi connectivity index (χ2n) is 7.71. The molecule has 0 saturated heterocycles. The number of nitrogens with zero attached hydrogens (tertiary/aromatic N) is 7. The van der Waals surface area contributed by atoms with Gasteiger partial charge in [-0.05, 0) is 32.4 Å². The van der Waals surface area contributed by atoms with E-state index in [2.05, 4.69) is 32.9 Å². The number of rotatable bonds is 5. The third-order valence-corrected chi connectivity index (χ3v) is 5.84. The first-order chi connectivity index (χ1) is 15.5. The monoisotopic (exact) mass is 427 g/mol. The third-order valence-electron chi connectivity index (χ3n) is 5.84. The van der Waals surface area contributed by atoms with E-state index in [0.29, 0.717) is 12.4 Å². The molecular formula is C23H21N7O2. The summed E-state index contributed by atoms with van der Waals surface area (Å²) in [7, 11) is 0. The van der Waals surface area contributed by atoms with Crippen molar-refractivity contribution in [3.05, 3.63) is 81.2 Å². The summed E-state index contributed by atoms with van der Waals surface area (Å²) >= 11 is 0. The van der Waals surface area contributed by atoms with Gasteiger partial charge in [0.2, 0.25) is 0 Å². The number of aromatic nitrogens is 6. The van der Waals surface area contributed by atoms with Gasteiger partial charge in [-0.15, -0.1) is 10.2 Å². The van der Waals surface area contributed by atoms with E-state index in [-0.39, 0.29) is 5.69 Å². The molecule has 0 amide bonds. The van der Waals surface area contributed by atoms with E-state index in [9.17, 15) is 10.1 Å². The molecule has 0 aliphatic heterocycles. The summed E-state index contributed by atoms with van der Waals surface area (Å²) in [4.78, 5) is 15.3. The molecule has 2 aromatic carbocycles. The Balaban J connectivity index is 1.57. The predicted molar refractivity (Wildman–Crippen MR) is 121 cm³/mol. The van der Waals surface area contributed by atoms with Gasteiger partial charge in [-0.25, -0.2) is 4.68 Å². The standard InChI is InChI=1S/C23H21N7O2/c1-4-28-20-8-6-5-7-18(20)21-22(28)24-23(26-25-21)29-15(3)19(14(2)27-29)13-16-9-11-17(12-10-16)30(31)32/h5-12H,4,13H2,1-3H3. The molecule has 0 saturated carbocycles. The van der Waals surface area contributed by atoms with Gasteiger partial charge in [0, 0.05) is 41.7 Å². The van der Waals surface area contributed by atoms with Gasteiger partial charge in [-0.2, -0.15) is 10.1 Å². The van der Waals surface area contributed by atoms with Crippen LogP contribution in [0.4, 0.5) is 5.69 Å². The Morgan fingerprint density at radius 1 is 1.03 bits per heavy atom. The summed E-state index contributed by atoms with van der Waals surface area (Å²) in [5, 5.41) is 25.5. The molecule has 9 nitrogen and oxygen atoms in total. The molecule has 0 aliphatic carbocycles. The highest BCUT2D eigenvalue weighted by atomic mass is 16.6. The van der Waals surface area contributed by atoms with Crippen molar-refractivity contribution in [3.8, 4) is 5.95 Å². The number of aryl methyl sites for hydroxylation is 2. The van der Waals surface area contributed by atoms with Crippen LogP contribution in [0.2, 0.25) is 0 Å². The maximum absolute atomic E-state index is 10.9. The van der Waals surface area contributed by atoms with Crippen LogP contribution in [0.15, 0.2) is 48.5 Å². The van der Waals surface area contributed by atoms with Crippen LogP contribution in [0.25, 0.3) is 28.0 Å². The third kappa shape index (κ3) is 3.09. The molecule has 32 heavy (non-hydrogen) atoms. The SMILES string of the molecule is CCn1c2ccccc2c2nnc(-n3nc(C)c(Cc4ccc([N+](=O)[O-])cc4)c3C)nc21. The van der Waals surface area contributed by atoms with Crippen LogP contribution >= 0.6 is 0 Å². The minimum atomic E-state index is -0.394. The smallest absolute Gasteiger partial charge is 0.272 e. The van der Waals surface area contributed by atoms with E-state index in [1.807, 2.05) is 32.0 Å². The Labute approximate surface area is 183 Å². The highest BCUT2D eigenvalue weighted by Crippen LogP contribution is 2.27. The van der Waals surface area contributed by atoms with E-state index in [1.165, 1.54) is 12.1 Å². The first-order valence-corrected chi connectivity index (χ1v) is 10.4. The lowest BCUT2D eigenvalue weighted by Gasteiger charge is -2.05. The van der Waals surface area contributed by atoms with Crippen LogP contribution in [0.5, 0.6) is 0 Å². The highest BCUT2D eigenvalue weighted by Gasteiger charge is 2.19. The zero-order chi connectivity index (χ0) is 22.4. The van der Waals surface area contributed by atoms with Gasteiger partial charge in [0.15, 0.2) is 5.65 Å². The zero-order valence-electron chi connectivity index (χ0n) is 18.0. The zero-order valence-corrected chi connectivity index (χ0v) is 18.0. The molecule has 3 aromatic heterocycles. The van der Waals surface area contributed by atoms with Gasteiger partial charge in [0.1, 0.15) is 5.52 Å². The Morgan fingerprint density at radius 2 is 1.78 bits per heavy atom. The lowest BCUT2D eigenvalue weighted by molar-refractivity contribution is -0.384. The minimum absolute atomic E-state index is 0.0805. The van der Waals surface area contributed by atoms with Gasteiger partial charge in [0.25, 0.3) is 11.6 Å². The summed E-state index contributed by atoms with van der Waals surface area (Å²) in [6.45, 7) is 6.77. The van der Waals surface area contributed by atoms with Crippen molar-refractivity contribution in [2.24, 2.45) is 0 Å². The number of nitro benzene ring substituents is 1. The number of benzene rings is 2. The topological polar surface area (TPSA) is 105 Å². The van der Waals surface area contributed by atoms with E-state index < -0.39 is 4.92 Å². The van der Waals surface area contributed by atoms with Crippen molar-refractivity contribution in [2.45, 2.75) is 33.7 Å². The van der Waals surface area contributed by atoms with Crippen molar-refractivity contribution in [3.63, 3.8) is 0 Å². The second kappa shape index (κ2) is 7.52. The molecule has 5 aromatic rings. The van der Waals surface area contributed by atoms with Gasteiger partial charge in [-0.3, -0.25) is 10.1 Å². The summed E-state index contributed by atoms with van der Waals surface area (Å²) < 4.78 is 3.85. The van der Waals surface area contributed by atoms with Crippen LogP contribution in [0, 0.1) is 24.0 Å². The molecule has 160 valence electrons. The summed E-state index contributed by atoms with van der Waals surface area (Å²) in [5.74, 6) is 0.422. The Morgan fingerprint density at radius 3 is 2.50 bits per heavy atom. The normalized spacial score (nSPS) is 11.5. The second-order valence-corrected chi connectivity index (χ2v) is 7.71. The maximum Gasteiger partial charge on any atom is 0.272 e. The lowest BCUT2D eigenvalue weighted by Crippen LogP contribution is -2.08. The van der Waals surface area contributed by atoms with E-state index in [1.54, 1.807) is 16.8 Å². The maximum atomic E-state index is 10.9. The van der Waals surface area contributed by atoms with Crippen molar-refractivity contribution in [1.29, 1.82) is 0 Å². The van der Waals surface area contributed by atoms with Crippen molar-refractivity contribution >= 4 is 27.8 Å². The van der Waals surface area contributed by atoms with Crippen molar-refractivity contribution in [1.82, 2.24) is 29.5 Å². The van der Waals surface area contributed by atoms with Crippen molar-refractivity contribution < 1.29 is 4.92 Å². The first kappa shape index (κ1) is 19.8. The van der Waals surface area contributed by atoms with Crippen LogP contribution < -0.4 is 0 Å². The van der Waals surface area contributed by atoms with Gasteiger partial charge >= 0.3 is 0 Å². The van der Waals surface area contributed by atoms with Crippen LogP contribution in [-0.2, 0) is 13.0 Å². The average molecular weight is 427 g/mol. The molecule has 0 fully saturated rings. The number of fused-ring (bicyclic) bond motifs is 3. The number of hydrogen-bond donors (Lipinski definition) is 0. The number of hydrogen-bond acceptors (Lipinski definition) is 6. The molecule has 9 heteroatoms. The molecule has 0 unspecified atom stereocenters. The summed E-state index contributed by atoms with van der Waals surface area (Å²) in [5.41, 5.74) is 6.51. The molecule has 0 N–H and O–H groups in total. The number of nitro groups is 1. The molecule has 0 radical (unpaired) electrons. The fraction of sp³-hybridized carbons (Fsp3) is 0.217. The van der Waals surface area contributed by atoms with Gasteiger partial charge in [-0.1, -0.05) is 30.3 Å². The molecule has 0 spiro atoms. The molecule has 3 heterocycles. The van der Waals surface area contributed by atoms with E-state index in [4.69, 9.17) is 4.98 Å². The summed E-state index contributed by atoms with van der Waals surface area (Å²) in [6.07, 6.45) is 0.612. The number of non-ortho nitro benzene ring substituents is 1. The summed E-state index contributed by atoms with van der Waals surface area (Å²) in [6, 6.07) is 14.7. The highest BCUT2D eigenvalue weighted by molar-refractivity contribution is 6.04. The average Bonchev–Trinajstić information content (AvgIpc) is 3.27. The Kier molecular flexibility index (Phi) is 4.66. The predicted octanol–water partition coefficient (Wildman–Crippen LogP) is 4.30. The number of para-hydroxylation sites is 1. The van der Waals surface area contributed by atoms with E-state index in [0.717, 1.165) is 51.1 Å². The van der Waals surface area contributed by atoms with Crippen LogP contribution in [0.1, 0.15) is 29.4 Å². The molecular weight excluding hydrogens is 406 g/mol. The van der Waals surface area contributed by atoms with Crippen LogP contribution in [-0.4, -0.2) is 34.5 Å². The lowest BCUT2D eigenvalue weighted by atomic mass is 10.0.